The van der Waals surface area contributed by atoms with Gasteiger partial charge in [0.25, 0.3) is 0 Å². The number of nitrogens with two attached hydrogens (primary N) is 2. The number of rotatable bonds is 5. The fourth-order valence-corrected chi connectivity index (χ4v) is 2.36. The van der Waals surface area contributed by atoms with Crippen LogP contribution in [0.1, 0.15) is 17.5 Å². The Morgan fingerprint density at radius 1 is 1.29 bits per heavy atom. The van der Waals surface area contributed by atoms with Gasteiger partial charge in [0.1, 0.15) is 5.75 Å². The smallest absolute Gasteiger partial charge is 0.222 e. The van der Waals surface area contributed by atoms with Crippen LogP contribution in [-0.4, -0.2) is 23.2 Å². The van der Waals surface area contributed by atoms with Crippen molar-refractivity contribution in [1.82, 2.24) is 9.97 Å². The molecule has 4 N–H and O–H groups in total. The number of anilines is 2. The third-order valence-electron chi connectivity index (χ3n) is 3.42. The lowest BCUT2D eigenvalue weighted by molar-refractivity contribution is 0.310. The zero-order chi connectivity index (χ0) is 14.7. The molecule has 2 aromatic rings. The van der Waals surface area contributed by atoms with Gasteiger partial charge in [-0.05, 0) is 30.0 Å². The van der Waals surface area contributed by atoms with Gasteiger partial charge >= 0.3 is 0 Å². The largest absolute Gasteiger partial charge is 0.493 e. The molecule has 0 bridgehead atoms. The molecule has 0 radical (unpaired) electrons. The number of nitrogens with zero attached hydrogens (tertiary/aromatic N) is 2. The molecule has 2 heterocycles. The minimum atomic E-state index is 0.153. The second-order valence-corrected chi connectivity index (χ2v) is 4.97. The van der Waals surface area contributed by atoms with Crippen molar-refractivity contribution in [2.45, 2.75) is 19.3 Å². The number of benzene rings is 1. The van der Waals surface area contributed by atoms with Crippen LogP contribution in [0.4, 0.5) is 11.8 Å². The normalized spacial score (nSPS) is 12.8. The molecule has 1 aromatic heterocycles. The number of hydrogen-bond donors (Lipinski definition) is 2. The Hall–Kier alpha value is -2.50. The van der Waals surface area contributed by atoms with Gasteiger partial charge in [-0.25, -0.2) is 4.98 Å². The molecule has 0 atom stereocenters. The molecule has 0 aliphatic carbocycles. The maximum atomic E-state index is 5.71. The van der Waals surface area contributed by atoms with Crippen LogP contribution < -0.4 is 20.9 Å². The number of aryl methyl sites for hydroxylation is 1. The molecule has 0 unspecified atom stereocenters. The van der Waals surface area contributed by atoms with Gasteiger partial charge in [-0.15, -0.1) is 0 Å². The van der Waals surface area contributed by atoms with Gasteiger partial charge in [0, 0.05) is 6.42 Å². The van der Waals surface area contributed by atoms with Crippen LogP contribution in [0.15, 0.2) is 24.4 Å². The van der Waals surface area contributed by atoms with Crippen molar-refractivity contribution in [2.75, 3.05) is 24.7 Å². The summed E-state index contributed by atoms with van der Waals surface area (Å²) in [6, 6.07) is 6.36. The van der Waals surface area contributed by atoms with E-state index in [1.54, 1.807) is 0 Å². The SMILES string of the molecule is Nc1ncc(OCCCc2ccc3c(c2)CCO3)c(N)n1. The molecule has 0 saturated carbocycles. The zero-order valence-electron chi connectivity index (χ0n) is 11.7. The highest BCUT2D eigenvalue weighted by Crippen LogP contribution is 2.26. The Kier molecular flexibility index (Phi) is 3.77. The lowest BCUT2D eigenvalue weighted by atomic mass is 10.1. The van der Waals surface area contributed by atoms with Crippen molar-refractivity contribution in [2.24, 2.45) is 0 Å². The minimum Gasteiger partial charge on any atom is -0.493 e. The van der Waals surface area contributed by atoms with Crippen molar-refractivity contribution in [3.8, 4) is 11.5 Å². The summed E-state index contributed by atoms with van der Waals surface area (Å²) in [6.07, 6.45) is 4.34. The first kappa shape index (κ1) is 13.5. The fourth-order valence-electron chi connectivity index (χ4n) is 2.36. The number of hydrogen-bond acceptors (Lipinski definition) is 6. The van der Waals surface area contributed by atoms with Crippen LogP contribution in [0.25, 0.3) is 0 Å². The van der Waals surface area contributed by atoms with E-state index in [4.69, 9.17) is 20.9 Å². The molecule has 1 aliphatic heterocycles. The first-order valence-electron chi connectivity index (χ1n) is 6.98. The maximum Gasteiger partial charge on any atom is 0.222 e. The van der Waals surface area contributed by atoms with Crippen molar-refractivity contribution in [3.63, 3.8) is 0 Å². The Morgan fingerprint density at radius 2 is 2.19 bits per heavy atom. The standard InChI is InChI=1S/C15H18N4O2/c16-14-13(9-18-15(17)19-14)20-6-1-2-10-3-4-12-11(8-10)5-7-21-12/h3-4,8-9H,1-2,5-7H2,(H4,16,17,18,19). The molecule has 1 aliphatic rings. The lowest BCUT2D eigenvalue weighted by Gasteiger charge is -2.08. The first-order chi connectivity index (χ1) is 10.2. The van der Waals surface area contributed by atoms with E-state index in [9.17, 15) is 0 Å². The number of fused-ring (bicyclic) bond motifs is 1. The molecule has 6 nitrogen and oxygen atoms in total. The second kappa shape index (κ2) is 5.87. The molecule has 3 rings (SSSR count). The molecular weight excluding hydrogens is 268 g/mol. The van der Waals surface area contributed by atoms with Crippen molar-refractivity contribution in [3.05, 3.63) is 35.5 Å². The Balaban J connectivity index is 1.50. The summed E-state index contributed by atoms with van der Waals surface area (Å²) in [5, 5.41) is 0. The van der Waals surface area contributed by atoms with E-state index in [0.717, 1.165) is 31.6 Å². The predicted octanol–water partition coefficient (Wildman–Crippen LogP) is 1.59. The van der Waals surface area contributed by atoms with Crippen molar-refractivity contribution in [1.29, 1.82) is 0 Å². The maximum absolute atomic E-state index is 5.71. The highest BCUT2D eigenvalue weighted by molar-refractivity contribution is 5.46. The second-order valence-electron chi connectivity index (χ2n) is 4.97. The Bertz CT molecular complexity index is 646. The third-order valence-corrected chi connectivity index (χ3v) is 3.42. The van der Waals surface area contributed by atoms with E-state index in [2.05, 4.69) is 22.1 Å². The monoisotopic (exact) mass is 286 g/mol. The summed E-state index contributed by atoms with van der Waals surface area (Å²) < 4.78 is 11.1. The van der Waals surface area contributed by atoms with Gasteiger partial charge in [0.05, 0.1) is 19.4 Å². The van der Waals surface area contributed by atoms with E-state index in [1.165, 1.54) is 17.3 Å². The molecule has 0 spiro atoms. The van der Waals surface area contributed by atoms with Crippen LogP contribution >= 0.6 is 0 Å². The Labute approximate surface area is 123 Å². The van der Waals surface area contributed by atoms with Crippen LogP contribution in [0.3, 0.4) is 0 Å². The summed E-state index contributed by atoms with van der Waals surface area (Å²) in [7, 11) is 0. The molecule has 110 valence electrons. The van der Waals surface area contributed by atoms with Gasteiger partial charge in [0.15, 0.2) is 11.6 Å². The molecule has 1 aromatic carbocycles. The Morgan fingerprint density at radius 3 is 3.05 bits per heavy atom. The van der Waals surface area contributed by atoms with Gasteiger partial charge < -0.3 is 20.9 Å². The number of ether oxygens (including phenoxy) is 2. The topological polar surface area (TPSA) is 96.3 Å². The number of aromatic nitrogens is 2. The molecular formula is C15H18N4O2. The summed E-state index contributed by atoms with van der Waals surface area (Å²) in [5.74, 6) is 1.92. The molecule has 6 heteroatoms. The molecule has 0 saturated heterocycles. The van der Waals surface area contributed by atoms with Gasteiger partial charge in [-0.3, -0.25) is 0 Å². The van der Waals surface area contributed by atoms with E-state index < -0.39 is 0 Å². The third kappa shape index (κ3) is 3.16. The highest BCUT2D eigenvalue weighted by atomic mass is 16.5. The van der Waals surface area contributed by atoms with E-state index in [1.807, 2.05) is 6.07 Å². The van der Waals surface area contributed by atoms with E-state index in [0.29, 0.717) is 12.4 Å². The zero-order valence-corrected chi connectivity index (χ0v) is 11.7. The van der Waals surface area contributed by atoms with Crippen LogP contribution in [-0.2, 0) is 12.8 Å². The average molecular weight is 286 g/mol. The highest BCUT2D eigenvalue weighted by Gasteiger charge is 2.11. The molecule has 21 heavy (non-hydrogen) atoms. The molecule has 0 amide bonds. The summed E-state index contributed by atoms with van der Waals surface area (Å²) in [5.41, 5.74) is 13.7. The summed E-state index contributed by atoms with van der Waals surface area (Å²) in [6.45, 7) is 1.35. The lowest BCUT2D eigenvalue weighted by Crippen LogP contribution is -2.05. The average Bonchev–Trinajstić information content (AvgIpc) is 2.93. The van der Waals surface area contributed by atoms with Gasteiger partial charge in [-0.2, -0.15) is 4.98 Å². The van der Waals surface area contributed by atoms with Crippen LogP contribution in [0.2, 0.25) is 0 Å². The van der Waals surface area contributed by atoms with Crippen LogP contribution in [0, 0.1) is 0 Å². The molecule has 0 fully saturated rings. The quantitative estimate of drug-likeness (QED) is 0.810. The van der Waals surface area contributed by atoms with Gasteiger partial charge in [-0.1, -0.05) is 12.1 Å². The first-order valence-corrected chi connectivity index (χ1v) is 6.98. The number of nitrogen functional groups attached to an aromatic ring is 2. The van der Waals surface area contributed by atoms with Crippen molar-refractivity contribution >= 4 is 11.8 Å². The van der Waals surface area contributed by atoms with E-state index in [-0.39, 0.29) is 11.8 Å². The minimum absolute atomic E-state index is 0.153. The van der Waals surface area contributed by atoms with Gasteiger partial charge in [0.2, 0.25) is 5.95 Å². The fraction of sp³-hybridized carbons (Fsp3) is 0.333. The van der Waals surface area contributed by atoms with Crippen LogP contribution in [0.5, 0.6) is 11.5 Å². The summed E-state index contributed by atoms with van der Waals surface area (Å²) in [4.78, 5) is 7.72. The summed E-state index contributed by atoms with van der Waals surface area (Å²) >= 11 is 0. The predicted molar refractivity (Wildman–Crippen MR) is 80.3 cm³/mol. The van der Waals surface area contributed by atoms with Crippen molar-refractivity contribution < 1.29 is 9.47 Å². The van der Waals surface area contributed by atoms with E-state index >= 15 is 0 Å².